The molecule has 0 saturated heterocycles. The van der Waals surface area contributed by atoms with Crippen LogP contribution < -0.4 is 5.32 Å². The number of nitrogens with zero attached hydrogens (tertiary/aromatic N) is 4. The molecule has 26 heavy (non-hydrogen) atoms. The van der Waals surface area contributed by atoms with E-state index >= 15 is 0 Å². The van der Waals surface area contributed by atoms with E-state index in [4.69, 9.17) is 23.2 Å². The van der Waals surface area contributed by atoms with Crippen LogP contribution in [0.4, 0.5) is 5.69 Å². The van der Waals surface area contributed by atoms with Crippen molar-refractivity contribution in [3.63, 3.8) is 0 Å². The summed E-state index contributed by atoms with van der Waals surface area (Å²) < 4.78 is 1.84. The molecule has 2 heterocycles. The van der Waals surface area contributed by atoms with Crippen LogP contribution in [0.3, 0.4) is 0 Å². The second kappa shape index (κ2) is 8.07. The van der Waals surface area contributed by atoms with Gasteiger partial charge in [-0.25, -0.2) is 4.98 Å². The van der Waals surface area contributed by atoms with Gasteiger partial charge in [-0.05, 0) is 43.3 Å². The Balaban J connectivity index is 1.71. The van der Waals surface area contributed by atoms with Crippen molar-refractivity contribution >= 4 is 46.6 Å². The van der Waals surface area contributed by atoms with Crippen LogP contribution in [0.5, 0.6) is 0 Å². The molecule has 0 aliphatic carbocycles. The van der Waals surface area contributed by atoms with Gasteiger partial charge in [0, 0.05) is 23.8 Å². The minimum atomic E-state index is -0.396. The SMILES string of the molecule is C[C@@H](Sc1nnc(-c2ccc(Cl)cc2)n1C)C(=O)Nc1cccnc1Cl. The third-order valence-corrected chi connectivity index (χ3v) is 5.29. The van der Waals surface area contributed by atoms with Gasteiger partial charge in [0.25, 0.3) is 0 Å². The standard InChI is InChI=1S/C17H15Cl2N5OS/c1-10(16(25)21-13-4-3-9-20-14(13)19)26-17-23-22-15(24(17)2)11-5-7-12(18)8-6-11/h3-10H,1-2H3,(H,21,25)/t10-/m1/s1. The Morgan fingerprint density at radius 2 is 1.92 bits per heavy atom. The van der Waals surface area contributed by atoms with E-state index in [-0.39, 0.29) is 11.1 Å². The number of nitrogens with one attached hydrogen (secondary N) is 1. The highest BCUT2D eigenvalue weighted by Gasteiger charge is 2.20. The summed E-state index contributed by atoms with van der Waals surface area (Å²) in [5, 5.41) is 12.3. The van der Waals surface area contributed by atoms with Crippen molar-refractivity contribution in [1.29, 1.82) is 0 Å². The molecule has 1 N–H and O–H groups in total. The third-order valence-electron chi connectivity index (χ3n) is 3.61. The molecule has 0 spiro atoms. The molecule has 3 rings (SSSR count). The number of hydrogen-bond donors (Lipinski definition) is 1. The van der Waals surface area contributed by atoms with Gasteiger partial charge in [-0.15, -0.1) is 10.2 Å². The molecule has 2 aromatic heterocycles. The predicted molar refractivity (Wildman–Crippen MR) is 105 cm³/mol. The van der Waals surface area contributed by atoms with Crippen LogP contribution in [0.1, 0.15) is 6.92 Å². The van der Waals surface area contributed by atoms with Crippen molar-refractivity contribution in [2.45, 2.75) is 17.3 Å². The van der Waals surface area contributed by atoms with E-state index in [0.29, 0.717) is 21.7 Å². The number of aromatic nitrogens is 4. The maximum Gasteiger partial charge on any atom is 0.237 e. The number of thioether (sulfide) groups is 1. The Hall–Kier alpha value is -2.09. The summed E-state index contributed by atoms with van der Waals surface area (Å²) in [5.74, 6) is 0.507. The van der Waals surface area contributed by atoms with Gasteiger partial charge in [-0.2, -0.15) is 0 Å². The third kappa shape index (κ3) is 4.17. The number of pyridine rings is 1. The lowest BCUT2D eigenvalue weighted by atomic mass is 10.2. The highest BCUT2D eigenvalue weighted by molar-refractivity contribution is 8.00. The summed E-state index contributed by atoms with van der Waals surface area (Å²) in [6.07, 6.45) is 1.56. The molecule has 0 fully saturated rings. The van der Waals surface area contributed by atoms with Crippen LogP contribution in [0.15, 0.2) is 47.8 Å². The molecule has 9 heteroatoms. The van der Waals surface area contributed by atoms with E-state index in [1.165, 1.54) is 11.8 Å². The largest absolute Gasteiger partial charge is 0.322 e. The Morgan fingerprint density at radius 1 is 1.19 bits per heavy atom. The molecular formula is C17H15Cl2N5OS. The quantitative estimate of drug-likeness (QED) is 0.503. The Morgan fingerprint density at radius 3 is 2.62 bits per heavy atom. The van der Waals surface area contributed by atoms with Crippen LogP contribution in [0.2, 0.25) is 10.2 Å². The summed E-state index contributed by atoms with van der Waals surface area (Å²) in [4.78, 5) is 16.3. The van der Waals surface area contributed by atoms with Crippen LogP contribution in [-0.2, 0) is 11.8 Å². The number of benzene rings is 1. The number of rotatable bonds is 5. The molecule has 0 aliphatic rings. The fraction of sp³-hybridized carbons (Fsp3) is 0.176. The van der Waals surface area contributed by atoms with E-state index in [9.17, 15) is 4.79 Å². The first-order chi connectivity index (χ1) is 12.5. The van der Waals surface area contributed by atoms with E-state index in [2.05, 4.69) is 20.5 Å². The molecule has 6 nitrogen and oxygen atoms in total. The summed E-state index contributed by atoms with van der Waals surface area (Å²) in [6.45, 7) is 1.79. The first-order valence-corrected chi connectivity index (χ1v) is 9.32. The fourth-order valence-electron chi connectivity index (χ4n) is 2.19. The first kappa shape index (κ1) is 18.7. The van der Waals surface area contributed by atoms with Gasteiger partial charge in [0.05, 0.1) is 10.9 Å². The smallest absolute Gasteiger partial charge is 0.237 e. The molecular weight excluding hydrogens is 393 g/mol. The lowest BCUT2D eigenvalue weighted by Gasteiger charge is -2.12. The van der Waals surface area contributed by atoms with E-state index in [1.54, 1.807) is 37.4 Å². The zero-order valence-corrected chi connectivity index (χ0v) is 16.3. The highest BCUT2D eigenvalue weighted by Crippen LogP contribution is 2.27. The lowest BCUT2D eigenvalue weighted by Crippen LogP contribution is -2.23. The average molecular weight is 408 g/mol. The summed E-state index contributed by atoms with van der Waals surface area (Å²) >= 11 is 13.2. The minimum Gasteiger partial charge on any atom is -0.322 e. The lowest BCUT2D eigenvalue weighted by molar-refractivity contribution is -0.115. The monoisotopic (exact) mass is 407 g/mol. The van der Waals surface area contributed by atoms with Gasteiger partial charge < -0.3 is 9.88 Å². The molecule has 0 saturated carbocycles. The maximum atomic E-state index is 12.4. The zero-order chi connectivity index (χ0) is 18.7. The van der Waals surface area contributed by atoms with Crippen molar-refractivity contribution in [3.8, 4) is 11.4 Å². The number of hydrogen-bond acceptors (Lipinski definition) is 5. The number of carbonyl (C=O) groups is 1. The fourth-order valence-corrected chi connectivity index (χ4v) is 3.30. The number of halogens is 2. The molecule has 0 radical (unpaired) electrons. The Labute approximate surface area is 164 Å². The topological polar surface area (TPSA) is 72.7 Å². The first-order valence-electron chi connectivity index (χ1n) is 7.69. The molecule has 1 amide bonds. The number of anilines is 1. The second-order valence-corrected chi connectivity index (χ2v) is 7.57. The van der Waals surface area contributed by atoms with Gasteiger partial charge in [0.15, 0.2) is 16.1 Å². The predicted octanol–water partition coefficient (Wildman–Crippen LogP) is 4.30. The van der Waals surface area contributed by atoms with Crippen LogP contribution in [0, 0.1) is 0 Å². The summed E-state index contributed by atoms with van der Waals surface area (Å²) in [6, 6.07) is 10.8. The molecule has 134 valence electrons. The number of amides is 1. The van der Waals surface area contributed by atoms with Gasteiger partial charge in [0.2, 0.25) is 5.91 Å². The normalized spacial score (nSPS) is 12.0. The number of carbonyl (C=O) groups excluding carboxylic acids is 1. The molecule has 3 aromatic rings. The molecule has 1 atom stereocenters. The van der Waals surface area contributed by atoms with Crippen LogP contribution in [0.25, 0.3) is 11.4 Å². The minimum absolute atomic E-state index is 0.194. The Kier molecular flexibility index (Phi) is 5.80. The van der Waals surface area contributed by atoms with Gasteiger partial charge in [0.1, 0.15) is 0 Å². The van der Waals surface area contributed by atoms with E-state index < -0.39 is 5.25 Å². The summed E-state index contributed by atoms with van der Waals surface area (Å²) in [5.41, 5.74) is 1.38. The van der Waals surface area contributed by atoms with Gasteiger partial charge >= 0.3 is 0 Å². The molecule has 0 unspecified atom stereocenters. The second-order valence-electron chi connectivity index (χ2n) is 5.46. The Bertz CT molecular complexity index is 929. The summed E-state index contributed by atoms with van der Waals surface area (Å²) in [7, 11) is 1.86. The molecule has 0 bridgehead atoms. The average Bonchev–Trinajstić information content (AvgIpc) is 2.98. The maximum absolute atomic E-state index is 12.4. The molecule has 1 aromatic carbocycles. The van der Waals surface area contributed by atoms with Crippen molar-refractivity contribution in [3.05, 3.63) is 52.8 Å². The van der Waals surface area contributed by atoms with Crippen LogP contribution in [-0.4, -0.2) is 30.9 Å². The van der Waals surface area contributed by atoms with Crippen molar-refractivity contribution in [2.24, 2.45) is 7.05 Å². The van der Waals surface area contributed by atoms with Crippen molar-refractivity contribution in [2.75, 3.05) is 5.32 Å². The van der Waals surface area contributed by atoms with E-state index in [0.717, 1.165) is 5.56 Å². The van der Waals surface area contributed by atoms with Gasteiger partial charge in [-0.3, -0.25) is 4.79 Å². The molecule has 0 aliphatic heterocycles. The highest BCUT2D eigenvalue weighted by atomic mass is 35.5. The van der Waals surface area contributed by atoms with Gasteiger partial charge in [-0.1, -0.05) is 35.0 Å². The van der Waals surface area contributed by atoms with Crippen molar-refractivity contribution < 1.29 is 4.79 Å². The zero-order valence-electron chi connectivity index (χ0n) is 14.0. The van der Waals surface area contributed by atoms with E-state index in [1.807, 2.05) is 23.7 Å². The van der Waals surface area contributed by atoms with Crippen molar-refractivity contribution in [1.82, 2.24) is 19.7 Å². The van der Waals surface area contributed by atoms with Crippen LogP contribution >= 0.6 is 35.0 Å².